The molecule has 0 bridgehead atoms. The maximum Gasteiger partial charge on any atom is 0.430 e. The Balaban J connectivity index is 0.000000698. The summed E-state index contributed by atoms with van der Waals surface area (Å²) in [6.07, 6.45) is 0.813. The van der Waals surface area contributed by atoms with Crippen molar-refractivity contribution in [1.29, 1.82) is 0 Å². The quantitative estimate of drug-likeness (QED) is 0.169. The zero-order valence-corrected chi connectivity index (χ0v) is 26.7. The second-order valence-electron chi connectivity index (χ2n) is 11.6. The summed E-state index contributed by atoms with van der Waals surface area (Å²) in [6, 6.07) is 8.24. The monoisotopic (exact) mass is 691 g/mol. The molecule has 0 spiro atoms. The van der Waals surface area contributed by atoms with Gasteiger partial charge >= 0.3 is 6.18 Å². The van der Waals surface area contributed by atoms with E-state index in [9.17, 15) is 31.5 Å². The Morgan fingerprint density at radius 2 is 1.86 bits per heavy atom. The second kappa shape index (κ2) is 14.8. The summed E-state index contributed by atoms with van der Waals surface area (Å²) in [5.74, 6) is -5.42. The van der Waals surface area contributed by atoms with Gasteiger partial charge in [-0.15, -0.1) is 0 Å². The lowest BCUT2D eigenvalue weighted by Crippen LogP contribution is -2.47. The van der Waals surface area contributed by atoms with Gasteiger partial charge in [0, 0.05) is 35.6 Å². The molecule has 1 aliphatic heterocycles. The van der Waals surface area contributed by atoms with E-state index < -0.39 is 23.8 Å². The number of anilines is 2. The molecular weight excluding hydrogens is 657 g/mol. The van der Waals surface area contributed by atoms with Crippen molar-refractivity contribution in [2.45, 2.75) is 25.9 Å². The Kier molecular flexibility index (Phi) is 11.1. The molecule has 0 aliphatic carbocycles. The number of amides is 2. The average molecular weight is 692 g/mol. The standard InChI is InChI=1S/C30H33F2N7O3.C2HF3O2/c1-4-18-15-20(5-6-21(18)30(41)35-11-14-39(2)13-9-19(17-39)27(33)40)37-28-29-36-16-23(38(29)12-10-34-28)22-7-8-24(42-3)26(32)25(22)31;3-2(4,5)1(6)7/h5-8,10,12,15-16,19H,4,9,11,13-14,17H2,1-3H3,(H3-,33,34,35,37,40,41);(H,6,7). The molecule has 1 saturated heterocycles. The van der Waals surface area contributed by atoms with E-state index in [1.807, 2.05) is 13.0 Å². The van der Waals surface area contributed by atoms with Gasteiger partial charge in [0.1, 0.15) is 5.97 Å². The zero-order valence-electron chi connectivity index (χ0n) is 26.7. The number of carboxylic acids is 1. The van der Waals surface area contributed by atoms with E-state index in [4.69, 9.17) is 20.4 Å². The van der Waals surface area contributed by atoms with Gasteiger partial charge in [-0.05, 0) is 42.3 Å². The first-order valence-electron chi connectivity index (χ1n) is 15.0. The van der Waals surface area contributed by atoms with Crippen LogP contribution >= 0.6 is 0 Å². The highest BCUT2D eigenvalue weighted by Gasteiger charge is 2.37. The number of benzene rings is 2. The number of nitrogens with zero attached hydrogens (tertiary/aromatic N) is 4. The molecule has 262 valence electrons. The number of hydrogen-bond donors (Lipinski definition) is 3. The first kappa shape index (κ1) is 36.5. The van der Waals surface area contributed by atoms with Gasteiger partial charge in [0.15, 0.2) is 23.0 Å². The molecule has 4 aromatic rings. The number of primary amides is 1. The molecule has 4 N–H and O–H groups in total. The van der Waals surface area contributed by atoms with Crippen molar-refractivity contribution < 1.29 is 50.7 Å². The number of carbonyl (C=O) groups is 3. The summed E-state index contributed by atoms with van der Waals surface area (Å²) in [4.78, 5) is 42.2. The summed E-state index contributed by atoms with van der Waals surface area (Å²) in [5.41, 5.74) is 8.40. The van der Waals surface area contributed by atoms with E-state index in [0.29, 0.717) is 58.9 Å². The largest absolute Gasteiger partial charge is 0.542 e. The number of hydrogen-bond acceptors (Lipinski definition) is 8. The summed E-state index contributed by atoms with van der Waals surface area (Å²) in [6.45, 7) is 4.71. The minimum atomic E-state index is -5.19. The third-order valence-corrected chi connectivity index (χ3v) is 8.21. The number of nitrogens with one attached hydrogen (secondary N) is 2. The summed E-state index contributed by atoms with van der Waals surface area (Å²) in [7, 11) is 3.36. The Morgan fingerprint density at radius 1 is 1.14 bits per heavy atom. The van der Waals surface area contributed by atoms with Crippen LogP contribution in [0.3, 0.4) is 0 Å². The summed E-state index contributed by atoms with van der Waals surface area (Å²) < 4.78 is 67.9. The number of alkyl halides is 3. The number of likely N-dealkylation sites (N-methyl/N-ethyl adjacent to an activating group) is 1. The van der Waals surface area contributed by atoms with Crippen molar-refractivity contribution in [2.24, 2.45) is 11.7 Å². The molecule has 2 atom stereocenters. The molecule has 2 unspecified atom stereocenters. The van der Waals surface area contributed by atoms with Crippen LogP contribution in [-0.4, -0.2) is 83.1 Å². The predicted molar refractivity (Wildman–Crippen MR) is 165 cm³/mol. The maximum absolute atomic E-state index is 14.8. The summed E-state index contributed by atoms with van der Waals surface area (Å²) >= 11 is 0. The number of likely N-dealkylation sites (tertiary alicyclic amines) is 1. The topological polar surface area (TPSA) is 164 Å². The molecule has 2 amide bonds. The Morgan fingerprint density at radius 3 is 2.47 bits per heavy atom. The number of imidazole rings is 1. The van der Waals surface area contributed by atoms with Gasteiger partial charge in [0.25, 0.3) is 5.91 Å². The third kappa shape index (κ3) is 8.40. The molecule has 5 rings (SSSR count). The normalized spacial score (nSPS) is 17.3. The predicted octanol–water partition coefficient (Wildman–Crippen LogP) is 2.97. The summed E-state index contributed by atoms with van der Waals surface area (Å²) in [5, 5.41) is 15.0. The molecule has 2 aromatic carbocycles. The number of aliphatic carboxylic acids is 1. The highest BCUT2D eigenvalue weighted by molar-refractivity contribution is 5.96. The van der Waals surface area contributed by atoms with E-state index in [0.717, 1.165) is 18.5 Å². The lowest BCUT2D eigenvalue weighted by Gasteiger charge is -2.29. The number of rotatable bonds is 10. The highest BCUT2D eigenvalue weighted by Crippen LogP contribution is 2.32. The molecular formula is C32H34F5N7O5. The lowest BCUT2D eigenvalue weighted by atomic mass is 10.0. The van der Waals surface area contributed by atoms with Gasteiger partial charge in [0.2, 0.25) is 11.7 Å². The van der Waals surface area contributed by atoms with Crippen LogP contribution < -0.4 is 26.2 Å². The van der Waals surface area contributed by atoms with Gasteiger partial charge in [-0.2, -0.15) is 17.6 Å². The van der Waals surface area contributed by atoms with Crippen LogP contribution in [0.2, 0.25) is 0 Å². The SMILES string of the molecule is CCc1cc(Nc2nccn3c(-c4ccc(OC)c(F)c4F)cnc23)ccc1C(=O)NCC[N+]1(C)CCC(C(N)=O)C1.O=C([O-])C(F)(F)F. The van der Waals surface area contributed by atoms with Crippen LogP contribution in [-0.2, 0) is 16.0 Å². The van der Waals surface area contributed by atoms with Crippen molar-refractivity contribution in [2.75, 3.05) is 45.7 Å². The van der Waals surface area contributed by atoms with Gasteiger partial charge in [0.05, 0.1) is 58.1 Å². The number of halogens is 5. The molecule has 3 heterocycles. The first-order chi connectivity index (χ1) is 23.1. The Bertz CT molecular complexity index is 1870. The van der Waals surface area contributed by atoms with E-state index in [-0.39, 0.29) is 29.0 Å². The van der Waals surface area contributed by atoms with Crippen LogP contribution in [0.25, 0.3) is 16.9 Å². The van der Waals surface area contributed by atoms with Crippen LogP contribution in [0.5, 0.6) is 5.75 Å². The van der Waals surface area contributed by atoms with E-state index in [1.165, 1.54) is 31.6 Å². The third-order valence-electron chi connectivity index (χ3n) is 8.21. The molecule has 1 aliphatic rings. The Labute approximate surface area is 277 Å². The zero-order chi connectivity index (χ0) is 36.1. The smallest absolute Gasteiger partial charge is 0.430 e. The Hall–Kier alpha value is -5.32. The van der Waals surface area contributed by atoms with Crippen LogP contribution in [0.15, 0.2) is 48.9 Å². The van der Waals surface area contributed by atoms with E-state index >= 15 is 0 Å². The van der Waals surface area contributed by atoms with Crippen LogP contribution in [0.4, 0.5) is 33.5 Å². The first-order valence-corrected chi connectivity index (χ1v) is 15.0. The van der Waals surface area contributed by atoms with E-state index in [1.54, 1.807) is 22.7 Å². The van der Waals surface area contributed by atoms with Crippen molar-refractivity contribution in [3.63, 3.8) is 0 Å². The van der Waals surface area contributed by atoms with Gasteiger partial charge in [-0.25, -0.2) is 14.4 Å². The minimum Gasteiger partial charge on any atom is -0.542 e. The fourth-order valence-corrected chi connectivity index (χ4v) is 5.57. The van der Waals surface area contributed by atoms with Gasteiger partial charge in [-0.1, -0.05) is 6.92 Å². The van der Waals surface area contributed by atoms with Crippen LogP contribution in [0.1, 0.15) is 29.3 Å². The minimum absolute atomic E-state index is 0.0370. The maximum atomic E-state index is 14.8. The highest BCUT2D eigenvalue weighted by atomic mass is 19.4. The van der Waals surface area contributed by atoms with Crippen molar-refractivity contribution >= 4 is 34.9 Å². The number of methoxy groups -OCH3 is 1. The number of aryl methyl sites for hydroxylation is 1. The number of nitrogens with two attached hydrogens (primary N) is 1. The van der Waals surface area contributed by atoms with E-state index in [2.05, 4.69) is 27.6 Å². The second-order valence-corrected chi connectivity index (χ2v) is 11.6. The average Bonchev–Trinajstić information content (AvgIpc) is 3.67. The number of aromatic nitrogens is 3. The molecule has 2 aromatic heterocycles. The van der Waals surface area contributed by atoms with Crippen molar-refractivity contribution in [3.05, 3.63) is 71.7 Å². The number of fused-ring (bicyclic) bond motifs is 1. The van der Waals surface area contributed by atoms with Crippen molar-refractivity contribution in [1.82, 2.24) is 19.7 Å². The molecule has 49 heavy (non-hydrogen) atoms. The number of carboxylic acid groups (broad SMARTS) is 1. The fraction of sp³-hybridized carbons (Fsp3) is 0.344. The molecule has 17 heteroatoms. The lowest BCUT2D eigenvalue weighted by molar-refractivity contribution is -0.897. The van der Waals surface area contributed by atoms with Gasteiger partial charge in [-0.3, -0.25) is 14.0 Å². The molecule has 0 radical (unpaired) electrons. The molecule has 1 fully saturated rings. The van der Waals surface area contributed by atoms with Crippen LogP contribution in [0, 0.1) is 17.6 Å². The number of quaternary nitrogens is 1. The number of ether oxygens (including phenoxy) is 1. The van der Waals surface area contributed by atoms with Gasteiger partial charge < -0.3 is 35.5 Å². The molecule has 12 nitrogen and oxygen atoms in total. The van der Waals surface area contributed by atoms with Crippen molar-refractivity contribution in [3.8, 4) is 17.0 Å². The number of carbonyl (C=O) groups excluding carboxylic acids is 3. The fourth-order valence-electron chi connectivity index (χ4n) is 5.57. The molecule has 0 saturated carbocycles.